The number of azo groups is 1. The van der Waals surface area contributed by atoms with Gasteiger partial charge in [-0.2, -0.15) is 0 Å². The Bertz CT molecular complexity index is 900. The molecule has 3 rings (SSSR count). The van der Waals surface area contributed by atoms with Crippen LogP contribution in [0.25, 0.3) is 10.9 Å². The summed E-state index contributed by atoms with van der Waals surface area (Å²) in [5.41, 5.74) is 1.70. The molecule has 0 spiro atoms. The maximum atomic E-state index is 11.9. The third-order valence-corrected chi connectivity index (χ3v) is 3.92. The molecule has 0 aliphatic rings. The van der Waals surface area contributed by atoms with Gasteiger partial charge in [-0.05, 0) is 30.3 Å². The van der Waals surface area contributed by atoms with Crippen molar-refractivity contribution in [3.8, 4) is 5.88 Å². The molecule has 0 aliphatic heterocycles. The average molecular weight is 373 g/mol. The number of fused-ring (bicyclic) bond motifs is 1. The highest BCUT2D eigenvalue weighted by Crippen LogP contribution is 2.37. The van der Waals surface area contributed by atoms with Gasteiger partial charge < -0.3 is 15.0 Å². The number of aromatic hydroxyl groups is 1. The fourth-order valence-electron chi connectivity index (χ4n) is 2.24. The van der Waals surface area contributed by atoms with Crippen molar-refractivity contribution in [2.24, 2.45) is 17.3 Å². The van der Waals surface area contributed by atoms with Crippen LogP contribution in [0.15, 0.2) is 63.2 Å². The van der Waals surface area contributed by atoms with E-state index in [1.165, 1.54) is 0 Å². The number of aromatic nitrogens is 1. The lowest BCUT2D eigenvalue weighted by molar-refractivity contribution is 0.258. The molecule has 2 amide bonds. The summed E-state index contributed by atoms with van der Waals surface area (Å²) in [6.07, 6.45) is 0. The lowest BCUT2D eigenvalue weighted by Crippen LogP contribution is -2.04. The highest BCUT2D eigenvalue weighted by Gasteiger charge is 2.13. The Morgan fingerprint density at radius 2 is 1.87 bits per heavy atom. The number of hydrogen-bond donors (Lipinski definition) is 2. The minimum atomic E-state index is -0.611. The fraction of sp³-hybridized carbons (Fsp3) is 0.0625. The van der Waals surface area contributed by atoms with Crippen molar-refractivity contribution in [2.75, 3.05) is 5.32 Å². The number of amides is 2. The molecule has 0 bridgehead atoms. The Labute approximate surface area is 140 Å². The first kappa shape index (κ1) is 15.2. The van der Waals surface area contributed by atoms with Gasteiger partial charge in [0, 0.05) is 22.6 Å². The summed E-state index contributed by atoms with van der Waals surface area (Å²) < 4.78 is 2.51. The van der Waals surface area contributed by atoms with Crippen molar-refractivity contribution >= 4 is 44.2 Å². The summed E-state index contributed by atoms with van der Waals surface area (Å²) in [6, 6.07) is 13.9. The molecule has 2 aromatic carbocycles. The number of carbonyl (C=O) groups is 1. The Morgan fingerprint density at radius 3 is 2.61 bits per heavy atom. The van der Waals surface area contributed by atoms with Crippen molar-refractivity contribution < 1.29 is 9.90 Å². The molecule has 116 valence electrons. The summed E-state index contributed by atoms with van der Waals surface area (Å²) in [5, 5.41) is 21.0. The summed E-state index contributed by atoms with van der Waals surface area (Å²) in [7, 11) is 1.72. The van der Waals surface area contributed by atoms with Crippen molar-refractivity contribution in [1.29, 1.82) is 0 Å². The number of nitrogens with zero attached hydrogens (tertiary/aromatic N) is 3. The van der Waals surface area contributed by atoms with Crippen LogP contribution in [0.4, 0.5) is 16.2 Å². The molecule has 7 heteroatoms. The van der Waals surface area contributed by atoms with Crippen LogP contribution >= 0.6 is 15.9 Å². The lowest BCUT2D eigenvalue weighted by Gasteiger charge is -2.00. The Hall–Kier alpha value is -2.67. The normalized spacial score (nSPS) is 11.2. The van der Waals surface area contributed by atoms with Gasteiger partial charge >= 0.3 is 6.03 Å². The minimum Gasteiger partial charge on any atom is -0.493 e. The minimum absolute atomic E-state index is 0.0357. The number of carbonyl (C=O) groups excluding carboxylic acids is 1. The van der Waals surface area contributed by atoms with E-state index in [2.05, 4.69) is 31.5 Å². The van der Waals surface area contributed by atoms with E-state index in [-0.39, 0.29) is 11.6 Å². The molecule has 1 aromatic heterocycles. The van der Waals surface area contributed by atoms with Gasteiger partial charge in [-0.25, -0.2) is 4.79 Å². The Kier molecular flexibility index (Phi) is 4.12. The van der Waals surface area contributed by atoms with Crippen LogP contribution in [0.1, 0.15) is 0 Å². The molecule has 6 nitrogen and oxygen atoms in total. The zero-order valence-electron chi connectivity index (χ0n) is 12.2. The van der Waals surface area contributed by atoms with E-state index >= 15 is 0 Å². The van der Waals surface area contributed by atoms with Crippen LogP contribution in [0.5, 0.6) is 5.88 Å². The number of benzene rings is 2. The molecular formula is C16H13BrN4O2. The van der Waals surface area contributed by atoms with Gasteiger partial charge in [0.2, 0.25) is 5.88 Å². The zero-order valence-corrected chi connectivity index (χ0v) is 13.8. The van der Waals surface area contributed by atoms with E-state index in [0.29, 0.717) is 5.69 Å². The molecule has 0 saturated heterocycles. The Balaban J connectivity index is 1.84. The van der Waals surface area contributed by atoms with E-state index in [4.69, 9.17) is 0 Å². The molecule has 0 saturated carbocycles. The number of aryl methyl sites for hydroxylation is 1. The topological polar surface area (TPSA) is 79.0 Å². The first-order valence-corrected chi connectivity index (χ1v) is 7.60. The number of rotatable bonds is 2. The third-order valence-electron chi connectivity index (χ3n) is 3.39. The first-order valence-electron chi connectivity index (χ1n) is 6.81. The van der Waals surface area contributed by atoms with Crippen molar-refractivity contribution in [3.05, 3.63) is 53.0 Å². The third kappa shape index (κ3) is 3.09. The van der Waals surface area contributed by atoms with Gasteiger partial charge in [0.15, 0.2) is 5.69 Å². The largest absolute Gasteiger partial charge is 0.493 e. The standard InChI is InChI=1S/C16H13BrN4O2/c1-21-13-5-3-2-4-12(13)14(15(21)22)19-20-16(23)18-11-8-6-10(17)7-9-11/h2-9,22H,1H3,(H,18,23). The number of nitrogens with one attached hydrogen (secondary N) is 1. The lowest BCUT2D eigenvalue weighted by atomic mass is 10.2. The van der Waals surface area contributed by atoms with Crippen LogP contribution in [0, 0.1) is 0 Å². The predicted molar refractivity (Wildman–Crippen MR) is 92.3 cm³/mol. The molecule has 23 heavy (non-hydrogen) atoms. The quantitative estimate of drug-likeness (QED) is 0.623. The second-order valence-corrected chi connectivity index (χ2v) is 5.80. The highest BCUT2D eigenvalue weighted by molar-refractivity contribution is 9.10. The number of para-hydroxylation sites is 1. The van der Waals surface area contributed by atoms with E-state index < -0.39 is 6.03 Å². The summed E-state index contributed by atoms with van der Waals surface area (Å²) in [6.45, 7) is 0. The molecule has 0 radical (unpaired) electrons. The maximum absolute atomic E-state index is 11.9. The second-order valence-electron chi connectivity index (χ2n) is 4.89. The second kappa shape index (κ2) is 6.21. The maximum Gasteiger partial charge on any atom is 0.364 e. The fourth-order valence-corrected chi connectivity index (χ4v) is 2.50. The predicted octanol–water partition coefficient (Wildman–Crippen LogP) is 4.96. The Morgan fingerprint density at radius 1 is 1.17 bits per heavy atom. The van der Waals surface area contributed by atoms with Gasteiger partial charge in [0.25, 0.3) is 0 Å². The number of hydrogen-bond acceptors (Lipinski definition) is 3. The highest BCUT2D eigenvalue weighted by atomic mass is 79.9. The van der Waals surface area contributed by atoms with Gasteiger partial charge in [-0.3, -0.25) is 0 Å². The van der Waals surface area contributed by atoms with E-state index in [0.717, 1.165) is 15.4 Å². The van der Waals surface area contributed by atoms with Crippen LogP contribution in [0.3, 0.4) is 0 Å². The van der Waals surface area contributed by atoms with Crippen LogP contribution in [0.2, 0.25) is 0 Å². The molecule has 0 aliphatic carbocycles. The van der Waals surface area contributed by atoms with Gasteiger partial charge in [0.05, 0.1) is 5.52 Å². The molecule has 3 aromatic rings. The molecule has 1 heterocycles. The van der Waals surface area contributed by atoms with E-state index in [1.54, 1.807) is 23.7 Å². The molecular weight excluding hydrogens is 360 g/mol. The monoisotopic (exact) mass is 372 g/mol. The molecule has 2 N–H and O–H groups in total. The number of halogens is 1. The zero-order chi connectivity index (χ0) is 16.4. The number of anilines is 1. The van der Waals surface area contributed by atoms with Gasteiger partial charge in [-0.15, -0.1) is 5.11 Å². The van der Waals surface area contributed by atoms with Crippen LogP contribution in [-0.2, 0) is 7.05 Å². The SMILES string of the molecule is Cn1c(O)c(N=NC(=O)Nc2ccc(Br)cc2)c2ccccc21. The van der Waals surface area contributed by atoms with Crippen molar-refractivity contribution in [3.63, 3.8) is 0 Å². The summed E-state index contributed by atoms with van der Waals surface area (Å²) in [5.74, 6) is -0.0357. The van der Waals surface area contributed by atoms with Gasteiger partial charge in [0.1, 0.15) is 0 Å². The van der Waals surface area contributed by atoms with Crippen LogP contribution < -0.4 is 5.32 Å². The van der Waals surface area contributed by atoms with Crippen molar-refractivity contribution in [2.45, 2.75) is 0 Å². The average Bonchev–Trinajstić information content (AvgIpc) is 2.80. The first-order chi connectivity index (χ1) is 11.1. The van der Waals surface area contributed by atoms with Crippen LogP contribution in [-0.4, -0.2) is 15.7 Å². The smallest absolute Gasteiger partial charge is 0.364 e. The van der Waals surface area contributed by atoms with Crippen molar-refractivity contribution in [1.82, 2.24) is 4.57 Å². The van der Waals surface area contributed by atoms with E-state index in [9.17, 15) is 9.90 Å². The molecule has 0 fully saturated rings. The molecule has 0 atom stereocenters. The summed E-state index contributed by atoms with van der Waals surface area (Å²) in [4.78, 5) is 11.9. The molecule has 0 unspecified atom stereocenters. The van der Waals surface area contributed by atoms with Gasteiger partial charge in [-0.1, -0.05) is 39.2 Å². The summed E-state index contributed by atoms with van der Waals surface area (Å²) >= 11 is 3.32. The van der Waals surface area contributed by atoms with E-state index in [1.807, 2.05) is 36.4 Å². The number of urea groups is 1.